The molecule has 1 fully saturated rings. The summed E-state index contributed by atoms with van der Waals surface area (Å²) in [6.07, 6.45) is 2.89. The minimum absolute atomic E-state index is 0.169. The fourth-order valence-electron chi connectivity index (χ4n) is 1.99. The van der Waals surface area contributed by atoms with Crippen LogP contribution in [0.4, 0.5) is 0 Å². The van der Waals surface area contributed by atoms with Crippen molar-refractivity contribution in [1.82, 2.24) is 4.31 Å². The van der Waals surface area contributed by atoms with Crippen LogP contribution in [-0.4, -0.2) is 50.3 Å². The van der Waals surface area contributed by atoms with Crippen molar-refractivity contribution in [3.63, 3.8) is 0 Å². The first-order valence-electron chi connectivity index (χ1n) is 5.01. The second-order valence-corrected chi connectivity index (χ2v) is 7.98. The fourth-order valence-corrected chi connectivity index (χ4v) is 3.65. The lowest BCUT2D eigenvalue weighted by Gasteiger charge is -2.32. The molecule has 0 aromatic carbocycles. The summed E-state index contributed by atoms with van der Waals surface area (Å²) in [5.74, 6) is 0. The Bertz CT molecular complexity index is 411. The fraction of sp³-hybridized carbons (Fsp3) is 1.00. The molecular formula is C8H17NO5S2. The van der Waals surface area contributed by atoms with E-state index in [1.807, 2.05) is 0 Å². The summed E-state index contributed by atoms with van der Waals surface area (Å²) >= 11 is 0. The van der Waals surface area contributed by atoms with Crippen molar-refractivity contribution in [1.29, 1.82) is 0 Å². The lowest BCUT2D eigenvalue weighted by Crippen LogP contribution is -2.42. The molecule has 0 radical (unpaired) electrons. The molecule has 1 saturated carbocycles. The molecule has 2 unspecified atom stereocenters. The molecule has 0 spiro atoms. The van der Waals surface area contributed by atoms with Gasteiger partial charge in [0.1, 0.15) is 0 Å². The first-order valence-corrected chi connectivity index (χ1v) is 8.37. The molecule has 0 saturated heterocycles. The normalized spacial score (nSPS) is 28.2. The van der Waals surface area contributed by atoms with E-state index < -0.39 is 25.4 Å². The summed E-state index contributed by atoms with van der Waals surface area (Å²) in [7, 11) is -5.94. The van der Waals surface area contributed by atoms with Gasteiger partial charge >= 0.3 is 0 Å². The topological polar surface area (TPSA) is 91.8 Å². The maximum Gasteiger partial charge on any atom is 0.267 e. The number of sulfonamides is 1. The SMILES string of the molecule is CN(C1CCCC(S(=O)(=O)O)C1)S(C)(=O)=O. The Hall–Kier alpha value is -0.180. The maximum atomic E-state index is 11.3. The lowest BCUT2D eigenvalue weighted by atomic mass is 9.95. The molecule has 0 amide bonds. The van der Waals surface area contributed by atoms with Gasteiger partial charge in [0.25, 0.3) is 10.1 Å². The van der Waals surface area contributed by atoms with E-state index in [4.69, 9.17) is 4.55 Å². The molecule has 1 N–H and O–H groups in total. The summed E-state index contributed by atoms with van der Waals surface area (Å²) in [4.78, 5) is 0. The van der Waals surface area contributed by atoms with Crippen LogP contribution >= 0.6 is 0 Å². The molecule has 0 aromatic heterocycles. The van der Waals surface area contributed by atoms with Crippen LogP contribution < -0.4 is 0 Å². The van der Waals surface area contributed by atoms with Crippen molar-refractivity contribution >= 4 is 20.1 Å². The van der Waals surface area contributed by atoms with Crippen LogP contribution in [0.2, 0.25) is 0 Å². The first kappa shape index (κ1) is 13.9. The van der Waals surface area contributed by atoms with E-state index in [-0.39, 0.29) is 12.5 Å². The minimum Gasteiger partial charge on any atom is -0.285 e. The Morgan fingerprint density at radius 1 is 1.19 bits per heavy atom. The molecule has 0 aromatic rings. The molecule has 2 atom stereocenters. The van der Waals surface area contributed by atoms with Crippen LogP contribution in [0.5, 0.6) is 0 Å². The summed E-state index contributed by atoms with van der Waals surface area (Å²) in [6.45, 7) is 0. The average Bonchev–Trinajstić information content (AvgIpc) is 2.14. The zero-order valence-corrected chi connectivity index (χ0v) is 11.0. The molecule has 0 heterocycles. The number of rotatable bonds is 3. The van der Waals surface area contributed by atoms with Crippen molar-refractivity contribution in [2.75, 3.05) is 13.3 Å². The molecule has 96 valence electrons. The smallest absolute Gasteiger partial charge is 0.267 e. The van der Waals surface area contributed by atoms with Crippen LogP contribution in [-0.2, 0) is 20.1 Å². The predicted molar refractivity (Wildman–Crippen MR) is 60.2 cm³/mol. The van der Waals surface area contributed by atoms with Gasteiger partial charge in [0.05, 0.1) is 11.5 Å². The van der Waals surface area contributed by atoms with Crippen LogP contribution in [0.25, 0.3) is 0 Å². The Morgan fingerprint density at radius 3 is 2.19 bits per heavy atom. The second kappa shape index (κ2) is 4.59. The third-order valence-corrected chi connectivity index (χ3v) is 5.67. The van der Waals surface area contributed by atoms with Gasteiger partial charge in [0.15, 0.2) is 0 Å². The largest absolute Gasteiger partial charge is 0.285 e. The zero-order valence-electron chi connectivity index (χ0n) is 9.33. The number of nitrogens with zero attached hydrogens (tertiary/aromatic N) is 1. The highest BCUT2D eigenvalue weighted by Gasteiger charge is 2.34. The molecule has 1 rings (SSSR count). The maximum absolute atomic E-state index is 11.3. The standard InChI is InChI=1S/C8H17NO5S2/c1-9(15(2,10)11)7-4-3-5-8(6-7)16(12,13)14/h7-8H,3-6H2,1-2H3,(H,12,13,14). The van der Waals surface area contributed by atoms with Crippen LogP contribution in [0.15, 0.2) is 0 Å². The van der Waals surface area contributed by atoms with E-state index in [0.717, 1.165) is 6.26 Å². The molecule has 1 aliphatic rings. The zero-order chi connectivity index (χ0) is 12.6. The van der Waals surface area contributed by atoms with Gasteiger partial charge in [-0.15, -0.1) is 0 Å². The third-order valence-electron chi connectivity index (χ3n) is 3.06. The first-order chi connectivity index (χ1) is 7.12. The van der Waals surface area contributed by atoms with Crippen molar-refractivity contribution in [2.45, 2.75) is 37.0 Å². The van der Waals surface area contributed by atoms with E-state index in [9.17, 15) is 16.8 Å². The molecule has 1 aliphatic carbocycles. The highest BCUT2D eigenvalue weighted by Crippen LogP contribution is 2.27. The summed E-state index contributed by atoms with van der Waals surface area (Å²) < 4.78 is 54.7. The van der Waals surface area contributed by atoms with Gasteiger partial charge in [0.2, 0.25) is 10.0 Å². The van der Waals surface area contributed by atoms with Crippen molar-refractivity contribution in [3.8, 4) is 0 Å². The van der Waals surface area contributed by atoms with Gasteiger partial charge in [-0.3, -0.25) is 4.55 Å². The minimum atomic E-state index is -4.06. The summed E-state index contributed by atoms with van der Waals surface area (Å²) in [5.41, 5.74) is 0. The monoisotopic (exact) mass is 271 g/mol. The van der Waals surface area contributed by atoms with E-state index in [1.165, 1.54) is 11.4 Å². The molecular weight excluding hydrogens is 254 g/mol. The van der Waals surface area contributed by atoms with E-state index in [0.29, 0.717) is 19.3 Å². The number of hydrogen-bond acceptors (Lipinski definition) is 4. The van der Waals surface area contributed by atoms with Crippen LogP contribution in [0.3, 0.4) is 0 Å². The molecule has 8 heteroatoms. The van der Waals surface area contributed by atoms with Gasteiger partial charge < -0.3 is 0 Å². The molecule has 0 aliphatic heterocycles. The lowest BCUT2D eigenvalue weighted by molar-refractivity contribution is 0.281. The summed E-state index contributed by atoms with van der Waals surface area (Å²) in [5, 5.41) is -0.838. The van der Waals surface area contributed by atoms with E-state index >= 15 is 0 Å². The van der Waals surface area contributed by atoms with Gasteiger partial charge in [-0.1, -0.05) is 6.42 Å². The summed E-state index contributed by atoms with van der Waals surface area (Å²) in [6, 6.07) is -0.337. The predicted octanol–water partition coefficient (Wildman–Crippen LogP) is 0.0768. The number of hydrogen-bond donors (Lipinski definition) is 1. The van der Waals surface area contributed by atoms with Gasteiger partial charge in [-0.2, -0.15) is 8.42 Å². The molecule has 16 heavy (non-hydrogen) atoms. The van der Waals surface area contributed by atoms with Crippen LogP contribution in [0.1, 0.15) is 25.7 Å². The Kier molecular flexibility index (Phi) is 3.99. The van der Waals surface area contributed by atoms with E-state index in [2.05, 4.69) is 0 Å². The van der Waals surface area contributed by atoms with Gasteiger partial charge in [0, 0.05) is 13.1 Å². The highest BCUT2D eigenvalue weighted by molar-refractivity contribution is 7.88. The van der Waals surface area contributed by atoms with E-state index in [1.54, 1.807) is 0 Å². The quantitative estimate of drug-likeness (QED) is 0.734. The Balaban J connectivity index is 2.79. The van der Waals surface area contributed by atoms with Crippen LogP contribution in [0, 0.1) is 0 Å². The van der Waals surface area contributed by atoms with Gasteiger partial charge in [-0.05, 0) is 19.3 Å². The second-order valence-electron chi connectivity index (χ2n) is 4.24. The van der Waals surface area contributed by atoms with Crippen molar-refractivity contribution in [2.24, 2.45) is 0 Å². The molecule has 6 nitrogen and oxygen atoms in total. The highest BCUT2D eigenvalue weighted by atomic mass is 32.2. The Morgan fingerprint density at radius 2 is 1.75 bits per heavy atom. The van der Waals surface area contributed by atoms with Crippen molar-refractivity contribution in [3.05, 3.63) is 0 Å². The van der Waals surface area contributed by atoms with Crippen molar-refractivity contribution < 1.29 is 21.4 Å². The molecule has 0 bridgehead atoms. The Labute approximate surface area is 96.4 Å². The third kappa shape index (κ3) is 3.41. The average molecular weight is 271 g/mol. The van der Waals surface area contributed by atoms with Gasteiger partial charge in [-0.25, -0.2) is 12.7 Å².